The van der Waals surface area contributed by atoms with Crippen LogP contribution in [0.15, 0.2) is 27.2 Å². The molecule has 0 bridgehead atoms. The van der Waals surface area contributed by atoms with Gasteiger partial charge in [-0.05, 0) is 37.8 Å². The summed E-state index contributed by atoms with van der Waals surface area (Å²) >= 11 is 0. The van der Waals surface area contributed by atoms with Crippen LogP contribution in [0, 0.1) is 0 Å². The molecule has 0 N–H and O–H groups in total. The number of nitrogens with zero attached hydrogens (tertiary/aromatic N) is 3. The predicted molar refractivity (Wildman–Crippen MR) is 91.9 cm³/mol. The van der Waals surface area contributed by atoms with Crippen molar-refractivity contribution in [3.05, 3.63) is 24.3 Å². The number of carbonyl (C=O) groups excluding carboxylic acids is 1. The van der Waals surface area contributed by atoms with Crippen molar-refractivity contribution in [2.75, 3.05) is 0 Å². The van der Waals surface area contributed by atoms with Crippen molar-refractivity contribution in [1.82, 2.24) is 15.1 Å². The molecule has 2 aliphatic carbocycles. The molecular weight excluding hydrogens is 318 g/mol. The first-order valence-electron chi connectivity index (χ1n) is 9.53. The van der Waals surface area contributed by atoms with E-state index in [1.54, 1.807) is 18.4 Å². The second kappa shape index (κ2) is 7.42. The molecule has 2 aromatic heterocycles. The standard InChI is InChI=1S/C19H25N3O3/c23-19(18-21-20-17(25-18)16-12-7-13-24-16)22(14-8-3-1-4-9-14)15-10-5-2-6-11-15/h7,12-15H,1-6,8-11H2. The molecule has 2 heterocycles. The molecule has 0 aliphatic heterocycles. The van der Waals surface area contributed by atoms with Gasteiger partial charge in [0.2, 0.25) is 0 Å². The molecule has 0 aromatic carbocycles. The van der Waals surface area contributed by atoms with Crippen molar-refractivity contribution in [3.8, 4) is 11.7 Å². The third-order valence-electron chi connectivity index (χ3n) is 5.51. The Labute approximate surface area is 147 Å². The maximum Gasteiger partial charge on any atom is 0.311 e. The summed E-state index contributed by atoms with van der Waals surface area (Å²) in [5.41, 5.74) is 0. The van der Waals surface area contributed by atoms with Crippen molar-refractivity contribution in [2.45, 2.75) is 76.3 Å². The second-order valence-electron chi connectivity index (χ2n) is 7.19. The summed E-state index contributed by atoms with van der Waals surface area (Å²) in [5.74, 6) is 0.737. The number of hydrogen-bond acceptors (Lipinski definition) is 5. The average molecular weight is 343 g/mol. The van der Waals surface area contributed by atoms with E-state index in [0.29, 0.717) is 17.8 Å². The molecule has 2 saturated carbocycles. The Morgan fingerprint density at radius 3 is 2.16 bits per heavy atom. The van der Waals surface area contributed by atoms with Crippen molar-refractivity contribution in [3.63, 3.8) is 0 Å². The third kappa shape index (κ3) is 3.48. The van der Waals surface area contributed by atoms with Crippen LogP contribution in [-0.4, -0.2) is 33.1 Å². The molecule has 6 heteroatoms. The van der Waals surface area contributed by atoms with Gasteiger partial charge in [0.15, 0.2) is 5.76 Å². The molecular formula is C19H25N3O3. The number of hydrogen-bond donors (Lipinski definition) is 0. The zero-order valence-electron chi connectivity index (χ0n) is 14.5. The van der Waals surface area contributed by atoms with Crippen LogP contribution in [0.4, 0.5) is 0 Å². The van der Waals surface area contributed by atoms with Crippen LogP contribution >= 0.6 is 0 Å². The molecule has 0 atom stereocenters. The van der Waals surface area contributed by atoms with Crippen molar-refractivity contribution < 1.29 is 13.6 Å². The summed E-state index contributed by atoms with van der Waals surface area (Å²) in [6.45, 7) is 0. The number of carbonyl (C=O) groups is 1. The van der Waals surface area contributed by atoms with Gasteiger partial charge in [-0.15, -0.1) is 10.2 Å². The van der Waals surface area contributed by atoms with Crippen LogP contribution in [0.2, 0.25) is 0 Å². The van der Waals surface area contributed by atoms with Crippen LogP contribution < -0.4 is 0 Å². The Morgan fingerprint density at radius 1 is 0.960 bits per heavy atom. The molecule has 1 amide bonds. The lowest BCUT2D eigenvalue weighted by Gasteiger charge is -2.41. The molecule has 4 rings (SSSR count). The molecule has 0 unspecified atom stereocenters. The first-order valence-corrected chi connectivity index (χ1v) is 9.53. The van der Waals surface area contributed by atoms with Gasteiger partial charge in [-0.3, -0.25) is 4.79 Å². The Bertz CT molecular complexity index is 665. The minimum atomic E-state index is -0.107. The molecule has 2 aliphatic rings. The number of aromatic nitrogens is 2. The molecule has 0 spiro atoms. The van der Waals surface area contributed by atoms with Crippen LogP contribution in [0.25, 0.3) is 11.7 Å². The van der Waals surface area contributed by atoms with E-state index < -0.39 is 0 Å². The van der Waals surface area contributed by atoms with E-state index in [2.05, 4.69) is 15.1 Å². The van der Waals surface area contributed by atoms with E-state index in [1.165, 1.54) is 38.5 Å². The molecule has 0 radical (unpaired) electrons. The summed E-state index contributed by atoms with van der Waals surface area (Å²) in [7, 11) is 0. The summed E-state index contributed by atoms with van der Waals surface area (Å²) in [4.78, 5) is 15.3. The van der Waals surface area contributed by atoms with Crippen molar-refractivity contribution >= 4 is 5.91 Å². The largest absolute Gasteiger partial charge is 0.459 e. The Hall–Kier alpha value is -2.11. The monoisotopic (exact) mass is 343 g/mol. The van der Waals surface area contributed by atoms with Gasteiger partial charge in [0.1, 0.15) is 0 Å². The van der Waals surface area contributed by atoms with E-state index in [0.717, 1.165) is 25.7 Å². The van der Waals surface area contributed by atoms with Gasteiger partial charge < -0.3 is 13.7 Å². The summed E-state index contributed by atoms with van der Waals surface area (Å²) in [6.07, 6.45) is 13.2. The first kappa shape index (κ1) is 16.4. The highest BCUT2D eigenvalue weighted by Crippen LogP contribution is 2.31. The normalized spacial score (nSPS) is 19.8. The van der Waals surface area contributed by atoms with Crippen molar-refractivity contribution in [2.24, 2.45) is 0 Å². The summed E-state index contributed by atoms with van der Waals surface area (Å²) in [5, 5.41) is 8.01. The van der Waals surface area contributed by atoms with Gasteiger partial charge >= 0.3 is 11.8 Å². The van der Waals surface area contributed by atoms with Crippen molar-refractivity contribution in [1.29, 1.82) is 0 Å². The molecule has 134 valence electrons. The minimum absolute atomic E-state index is 0.0857. The molecule has 2 aromatic rings. The smallest absolute Gasteiger partial charge is 0.311 e. The van der Waals surface area contributed by atoms with E-state index in [9.17, 15) is 4.79 Å². The van der Waals surface area contributed by atoms with Crippen LogP contribution in [0.1, 0.15) is 74.9 Å². The maximum absolute atomic E-state index is 13.2. The van der Waals surface area contributed by atoms with Gasteiger partial charge in [-0.25, -0.2) is 0 Å². The van der Waals surface area contributed by atoms with Gasteiger partial charge in [-0.1, -0.05) is 38.5 Å². The highest BCUT2D eigenvalue weighted by atomic mass is 16.4. The number of furan rings is 1. The average Bonchev–Trinajstić information content (AvgIpc) is 3.35. The fourth-order valence-corrected chi connectivity index (χ4v) is 4.27. The van der Waals surface area contributed by atoms with Gasteiger partial charge in [0, 0.05) is 12.1 Å². The van der Waals surface area contributed by atoms with Gasteiger partial charge in [-0.2, -0.15) is 0 Å². The third-order valence-corrected chi connectivity index (χ3v) is 5.51. The Morgan fingerprint density at radius 2 is 1.60 bits per heavy atom. The quantitative estimate of drug-likeness (QED) is 0.821. The highest BCUT2D eigenvalue weighted by molar-refractivity contribution is 5.90. The van der Waals surface area contributed by atoms with Crippen LogP contribution in [0.3, 0.4) is 0 Å². The predicted octanol–water partition coefficient (Wildman–Crippen LogP) is 4.44. The van der Waals surface area contributed by atoms with Crippen LogP contribution in [0.5, 0.6) is 0 Å². The molecule has 25 heavy (non-hydrogen) atoms. The maximum atomic E-state index is 13.2. The van der Waals surface area contributed by atoms with Gasteiger partial charge in [0.25, 0.3) is 5.89 Å². The van der Waals surface area contributed by atoms with Crippen LogP contribution in [-0.2, 0) is 0 Å². The topological polar surface area (TPSA) is 72.4 Å². The lowest BCUT2D eigenvalue weighted by atomic mass is 9.88. The highest BCUT2D eigenvalue weighted by Gasteiger charge is 2.35. The minimum Gasteiger partial charge on any atom is -0.459 e. The SMILES string of the molecule is O=C(c1nnc(-c2ccco2)o1)N(C1CCCCC1)C1CCCCC1. The second-order valence-corrected chi connectivity index (χ2v) is 7.19. The van der Waals surface area contributed by atoms with E-state index in [4.69, 9.17) is 8.83 Å². The van der Waals surface area contributed by atoms with E-state index >= 15 is 0 Å². The van der Waals surface area contributed by atoms with E-state index in [1.807, 2.05) is 0 Å². The lowest BCUT2D eigenvalue weighted by Crippen LogP contribution is -2.48. The van der Waals surface area contributed by atoms with Gasteiger partial charge in [0.05, 0.1) is 6.26 Å². The fourth-order valence-electron chi connectivity index (χ4n) is 4.27. The molecule has 6 nitrogen and oxygen atoms in total. The number of rotatable bonds is 4. The number of amides is 1. The van der Waals surface area contributed by atoms with E-state index in [-0.39, 0.29) is 17.7 Å². The molecule has 0 saturated heterocycles. The summed E-state index contributed by atoms with van der Waals surface area (Å²) in [6, 6.07) is 4.13. The first-order chi connectivity index (χ1) is 12.3. The zero-order chi connectivity index (χ0) is 17.1. The fraction of sp³-hybridized carbons (Fsp3) is 0.632. The lowest BCUT2D eigenvalue weighted by molar-refractivity contribution is 0.0410. The Kier molecular flexibility index (Phi) is 4.85. The Balaban J connectivity index is 1.58. The summed E-state index contributed by atoms with van der Waals surface area (Å²) < 4.78 is 10.9. The molecule has 2 fully saturated rings. The zero-order valence-corrected chi connectivity index (χ0v) is 14.5.